The first kappa shape index (κ1) is 9.42. The van der Waals surface area contributed by atoms with E-state index in [0.29, 0.717) is 12.4 Å². The zero-order chi connectivity index (χ0) is 10.2. The van der Waals surface area contributed by atoms with E-state index in [9.17, 15) is 8.42 Å². The molecular weight excluding hydrogens is 204 g/mol. The average molecular weight is 214 g/mol. The van der Waals surface area contributed by atoms with Crippen LogP contribution in [0.15, 0.2) is 24.4 Å². The third-order valence-electron chi connectivity index (χ3n) is 1.88. The molecular formula is C8H10N2O3S. The molecule has 2 rings (SSSR count). The van der Waals surface area contributed by atoms with Crippen molar-refractivity contribution in [2.45, 2.75) is 13.0 Å². The van der Waals surface area contributed by atoms with E-state index in [0.717, 1.165) is 4.31 Å². The maximum absolute atomic E-state index is 11.4. The maximum Gasteiger partial charge on any atom is 0.364 e. The van der Waals surface area contributed by atoms with E-state index in [2.05, 4.69) is 4.98 Å². The summed E-state index contributed by atoms with van der Waals surface area (Å²) in [6.07, 6.45) is 1.23. The molecule has 0 spiro atoms. The first-order valence-corrected chi connectivity index (χ1v) is 5.58. The van der Waals surface area contributed by atoms with Crippen LogP contribution in [0.2, 0.25) is 0 Å². The van der Waals surface area contributed by atoms with Gasteiger partial charge in [0.1, 0.15) is 5.82 Å². The van der Waals surface area contributed by atoms with Crippen LogP contribution in [-0.4, -0.2) is 26.1 Å². The highest BCUT2D eigenvalue weighted by Crippen LogP contribution is 2.23. The largest absolute Gasteiger partial charge is 0.364 e. The molecule has 6 heteroatoms. The van der Waals surface area contributed by atoms with Crippen LogP contribution in [0.4, 0.5) is 5.82 Å². The van der Waals surface area contributed by atoms with Gasteiger partial charge in [-0.25, -0.2) is 13.5 Å². The summed E-state index contributed by atoms with van der Waals surface area (Å²) >= 11 is 0. The van der Waals surface area contributed by atoms with Crippen LogP contribution in [-0.2, 0) is 14.5 Å². The van der Waals surface area contributed by atoms with Gasteiger partial charge in [-0.2, -0.15) is 8.42 Å². The summed E-state index contributed by atoms with van der Waals surface area (Å²) in [5.74, 6) is 0.400. The molecule has 0 N–H and O–H groups in total. The Balaban J connectivity index is 2.37. The molecule has 1 aromatic rings. The first-order chi connectivity index (χ1) is 6.59. The summed E-state index contributed by atoms with van der Waals surface area (Å²) in [7, 11) is -3.62. The third kappa shape index (κ3) is 1.58. The summed E-state index contributed by atoms with van der Waals surface area (Å²) in [5, 5.41) is 0. The normalized spacial score (nSPS) is 25.2. The van der Waals surface area contributed by atoms with E-state index in [4.69, 9.17) is 4.18 Å². The Bertz CT molecular complexity index is 417. The minimum atomic E-state index is -3.62. The van der Waals surface area contributed by atoms with E-state index in [1.165, 1.54) is 0 Å². The molecule has 1 saturated heterocycles. The van der Waals surface area contributed by atoms with Crippen LogP contribution in [0.25, 0.3) is 0 Å². The second-order valence-corrected chi connectivity index (χ2v) is 4.57. The quantitative estimate of drug-likeness (QED) is 0.685. The molecule has 0 radical (unpaired) electrons. The van der Waals surface area contributed by atoms with Crippen LogP contribution in [0.3, 0.4) is 0 Å². The number of hydrogen-bond donors (Lipinski definition) is 0. The molecule has 0 saturated carbocycles. The van der Waals surface area contributed by atoms with Crippen molar-refractivity contribution < 1.29 is 12.6 Å². The highest BCUT2D eigenvalue weighted by molar-refractivity contribution is 7.88. The van der Waals surface area contributed by atoms with Crippen LogP contribution in [0.1, 0.15) is 6.92 Å². The highest BCUT2D eigenvalue weighted by atomic mass is 32.2. The van der Waals surface area contributed by atoms with E-state index in [-0.39, 0.29) is 6.10 Å². The molecule has 2 heterocycles. The van der Waals surface area contributed by atoms with E-state index >= 15 is 0 Å². The Kier molecular flexibility index (Phi) is 2.16. The summed E-state index contributed by atoms with van der Waals surface area (Å²) < 4.78 is 28.8. The molecule has 0 bridgehead atoms. The van der Waals surface area contributed by atoms with Crippen molar-refractivity contribution in [3.63, 3.8) is 0 Å². The Hall–Kier alpha value is -1.14. The molecule has 76 valence electrons. The molecule has 1 aliphatic heterocycles. The van der Waals surface area contributed by atoms with Gasteiger partial charge < -0.3 is 0 Å². The molecule has 1 aliphatic rings. The number of aromatic nitrogens is 1. The van der Waals surface area contributed by atoms with Crippen LogP contribution >= 0.6 is 0 Å². The Morgan fingerprint density at radius 2 is 2.36 bits per heavy atom. The maximum atomic E-state index is 11.4. The van der Waals surface area contributed by atoms with E-state index < -0.39 is 10.3 Å². The molecule has 1 aromatic heterocycles. The topological polar surface area (TPSA) is 59.5 Å². The fraction of sp³-hybridized carbons (Fsp3) is 0.375. The van der Waals surface area contributed by atoms with Crippen molar-refractivity contribution >= 4 is 16.1 Å². The molecule has 0 aliphatic carbocycles. The lowest BCUT2D eigenvalue weighted by molar-refractivity contribution is 0.270. The number of rotatable bonds is 1. The van der Waals surface area contributed by atoms with Crippen LogP contribution in [0, 0.1) is 0 Å². The Morgan fingerprint density at radius 1 is 1.57 bits per heavy atom. The SMILES string of the molecule is CC1CN(c2ccccn2)S(=O)(=O)O1. The predicted octanol–water partition coefficient (Wildman–Crippen LogP) is 0.551. The predicted molar refractivity (Wildman–Crippen MR) is 51.0 cm³/mol. The minimum absolute atomic E-state index is 0.318. The number of pyridine rings is 1. The molecule has 5 nitrogen and oxygen atoms in total. The van der Waals surface area contributed by atoms with Crippen molar-refractivity contribution in [3.05, 3.63) is 24.4 Å². The summed E-state index contributed by atoms with van der Waals surface area (Å²) in [6.45, 7) is 2.03. The van der Waals surface area contributed by atoms with Gasteiger partial charge in [0.2, 0.25) is 0 Å². The number of anilines is 1. The van der Waals surface area contributed by atoms with E-state index in [1.54, 1.807) is 31.3 Å². The van der Waals surface area contributed by atoms with Crippen LogP contribution in [0.5, 0.6) is 0 Å². The van der Waals surface area contributed by atoms with Gasteiger partial charge in [0.05, 0.1) is 12.6 Å². The van der Waals surface area contributed by atoms with E-state index in [1.807, 2.05) is 0 Å². The minimum Gasteiger partial charge on any atom is -0.249 e. The lowest BCUT2D eigenvalue weighted by atomic mass is 10.4. The monoisotopic (exact) mass is 214 g/mol. The molecule has 1 unspecified atom stereocenters. The van der Waals surface area contributed by atoms with Crippen molar-refractivity contribution in [1.82, 2.24) is 4.98 Å². The summed E-state index contributed by atoms with van der Waals surface area (Å²) in [6, 6.07) is 5.11. The Labute approximate surface area is 82.6 Å². The van der Waals surface area contributed by atoms with Crippen molar-refractivity contribution in [2.24, 2.45) is 0 Å². The second-order valence-electron chi connectivity index (χ2n) is 3.08. The van der Waals surface area contributed by atoms with Gasteiger partial charge in [-0.1, -0.05) is 6.07 Å². The number of hydrogen-bond acceptors (Lipinski definition) is 4. The third-order valence-corrected chi connectivity index (χ3v) is 3.33. The van der Waals surface area contributed by atoms with Gasteiger partial charge in [0, 0.05) is 6.20 Å². The standard InChI is InChI=1S/C8H10N2O3S/c1-7-6-10(14(11,12)13-7)8-4-2-3-5-9-8/h2-5,7H,6H2,1H3. The van der Waals surface area contributed by atoms with Crippen molar-refractivity contribution in [1.29, 1.82) is 0 Å². The van der Waals surface area contributed by atoms with Gasteiger partial charge in [-0.3, -0.25) is 0 Å². The van der Waals surface area contributed by atoms with Gasteiger partial charge >= 0.3 is 10.3 Å². The zero-order valence-electron chi connectivity index (χ0n) is 7.62. The zero-order valence-corrected chi connectivity index (χ0v) is 8.44. The van der Waals surface area contributed by atoms with Gasteiger partial charge in [-0.15, -0.1) is 0 Å². The van der Waals surface area contributed by atoms with Crippen molar-refractivity contribution in [2.75, 3.05) is 10.8 Å². The Morgan fingerprint density at radius 3 is 2.86 bits per heavy atom. The lowest BCUT2D eigenvalue weighted by Crippen LogP contribution is -2.25. The smallest absolute Gasteiger partial charge is 0.249 e. The highest BCUT2D eigenvalue weighted by Gasteiger charge is 2.35. The fourth-order valence-corrected chi connectivity index (χ4v) is 2.63. The second kappa shape index (κ2) is 3.21. The average Bonchev–Trinajstić information content (AvgIpc) is 2.41. The summed E-state index contributed by atoms with van der Waals surface area (Å²) in [4.78, 5) is 3.96. The van der Waals surface area contributed by atoms with Crippen molar-refractivity contribution in [3.8, 4) is 0 Å². The van der Waals surface area contributed by atoms with Gasteiger partial charge in [-0.05, 0) is 19.1 Å². The summed E-state index contributed by atoms with van der Waals surface area (Å²) in [5.41, 5.74) is 0. The molecule has 1 fully saturated rings. The van der Waals surface area contributed by atoms with Gasteiger partial charge in [0.25, 0.3) is 0 Å². The lowest BCUT2D eigenvalue weighted by Gasteiger charge is -2.12. The van der Waals surface area contributed by atoms with Gasteiger partial charge in [0.15, 0.2) is 0 Å². The molecule has 0 aromatic carbocycles. The number of nitrogens with zero attached hydrogens (tertiary/aromatic N) is 2. The first-order valence-electron chi connectivity index (χ1n) is 4.21. The molecule has 14 heavy (non-hydrogen) atoms. The fourth-order valence-electron chi connectivity index (χ4n) is 1.32. The molecule has 1 atom stereocenters. The van der Waals surface area contributed by atoms with Crippen LogP contribution < -0.4 is 4.31 Å². The molecule has 0 amide bonds.